The summed E-state index contributed by atoms with van der Waals surface area (Å²) in [4.78, 5) is 14.1. The molecule has 144 valence electrons. The van der Waals surface area contributed by atoms with E-state index in [-0.39, 0.29) is 31.7 Å². The fourth-order valence-electron chi connectivity index (χ4n) is 3.19. The van der Waals surface area contributed by atoms with Crippen molar-refractivity contribution < 1.29 is 19.4 Å². The topological polar surface area (TPSA) is 83.1 Å². The van der Waals surface area contributed by atoms with Gasteiger partial charge in [-0.15, -0.1) is 12.4 Å². The molecule has 1 aromatic carbocycles. The van der Waals surface area contributed by atoms with E-state index >= 15 is 0 Å². The Morgan fingerprint density at radius 3 is 2.77 bits per heavy atom. The van der Waals surface area contributed by atoms with Crippen molar-refractivity contribution in [2.75, 3.05) is 31.7 Å². The third-order valence-corrected chi connectivity index (χ3v) is 4.57. The number of aryl methyl sites for hydroxylation is 1. The molecule has 0 saturated carbocycles. The minimum atomic E-state index is -0.0929. The Kier molecular flexibility index (Phi) is 7.56. The molecule has 1 aromatic rings. The van der Waals surface area contributed by atoms with Gasteiger partial charge in [0.25, 0.3) is 0 Å². The van der Waals surface area contributed by atoms with Gasteiger partial charge in [-0.2, -0.15) is 0 Å². The number of nitrogens with zero attached hydrogens (tertiary/aromatic N) is 1. The minimum Gasteiger partial charge on any atom is -0.459 e. The van der Waals surface area contributed by atoms with Crippen LogP contribution in [0.5, 0.6) is 0 Å². The van der Waals surface area contributed by atoms with Gasteiger partial charge in [0.15, 0.2) is 0 Å². The maximum absolute atomic E-state index is 12.0. The first-order chi connectivity index (χ1) is 12.2. The fraction of sp³-hybridized carbons (Fsp3) is 0.500. The third-order valence-electron chi connectivity index (χ3n) is 4.57. The highest BCUT2D eigenvalue weighted by Gasteiger charge is 2.22. The number of benzene rings is 1. The van der Waals surface area contributed by atoms with E-state index in [1.807, 2.05) is 25.1 Å². The average Bonchev–Trinajstić information content (AvgIpc) is 3.11. The lowest BCUT2D eigenvalue weighted by Gasteiger charge is -2.33. The lowest BCUT2D eigenvalue weighted by atomic mass is 10.0. The van der Waals surface area contributed by atoms with Gasteiger partial charge < -0.3 is 19.9 Å². The molecule has 0 atom stereocenters. The molecule has 2 heterocycles. The SMILES string of the molecule is Cc1cccc(CO)c1NC1CCN(CC(=O)NC2=COCO2)CC1.Cl. The summed E-state index contributed by atoms with van der Waals surface area (Å²) in [7, 11) is 0. The Morgan fingerprint density at radius 2 is 2.12 bits per heavy atom. The lowest BCUT2D eigenvalue weighted by molar-refractivity contribution is -0.122. The molecule has 0 radical (unpaired) electrons. The van der Waals surface area contributed by atoms with E-state index in [0.717, 1.165) is 42.7 Å². The van der Waals surface area contributed by atoms with Crippen molar-refractivity contribution in [3.8, 4) is 0 Å². The van der Waals surface area contributed by atoms with Gasteiger partial charge in [-0.3, -0.25) is 15.0 Å². The number of aliphatic hydroxyl groups excluding tert-OH is 1. The summed E-state index contributed by atoms with van der Waals surface area (Å²) in [5.74, 6) is 0.280. The van der Waals surface area contributed by atoms with E-state index < -0.39 is 0 Å². The molecule has 1 saturated heterocycles. The largest absolute Gasteiger partial charge is 0.459 e. The molecule has 8 heteroatoms. The third kappa shape index (κ3) is 5.27. The second-order valence-electron chi connectivity index (χ2n) is 6.42. The molecule has 0 spiro atoms. The maximum atomic E-state index is 12.0. The second-order valence-corrected chi connectivity index (χ2v) is 6.42. The first-order valence-electron chi connectivity index (χ1n) is 8.58. The van der Waals surface area contributed by atoms with Gasteiger partial charge in [-0.25, -0.2) is 0 Å². The van der Waals surface area contributed by atoms with E-state index in [4.69, 9.17) is 9.47 Å². The average molecular weight is 384 g/mol. The number of hydrogen-bond donors (Lipinski definition) is 3. The zero-order valence-corrected chi connectivity index (χ0v) is 15.7. The van der Waals surface area contributed by atoms with Crippen LogP contribution >= 0.6 is 12.4 Å². The summed E-state index contributed by atoms with van der Waals surface area (Å²) in [5.41, 5.74) is 3.10. The predicted molar refractivity (Wildman–Crippen MR) is 101 cm³/mol. The number of halogens is 1. The van der Waals surface area contributed by atoms with Gasteiger partial charge in [0.05, 0.1) is 13.2 Å². The molecule has 7 nitrogen and oxygen atoms in total. The van der Waals surface area contributed by atoms with Crippen molar-refractivity contribution in [1.82, 2.24) is 10.2 Å². The summed E-state index contributed by atoms with van der Waals surface area (Å²) >= 11 is 0. The van der Waals surface area contributed by atoms with Gasteiger partial charge in [0.1, 0.15) is 6.26 Å². The number of hydrogen-bond acceptors (Lipinski definition) is 6. The summed E-state index contributed by atoms with van der Waals surface area (Å²) in [6, 6.07) is 6.30. The van der Waals surface area contributed by atoms with Crippen molar-refractivity contribution in [3.05, 3.63) is 41.5 Å². The molecule has 1 fully saturated rings. The molecular weight excluding hydrogens is 358 g/mol. The van der Waals surface area contributed by atoms with E-state index in [0.29, 0.717) is 18.5 Å². The van der Waals surface area contributed by atoms with Crippen LogP contribution < -0.4 is 10.6 Å². The van der Waals surface area contributed by atoms with Crippen LogP contribution in [0.1, 0.15) is 24.0 Å². The highest BCUT2D eigenvalue weighted by atomic mass is 35.5. The van der Waals surface area contributed by atoms with E-state index in [9.17, 15) is 9.90 Å². The smallest absolute Gasteiger partial charge is 0.240 e. The van der Waals surface area contributed by atoms with E-state index in [1.54, 1.807) is 0 Å². The van der Waals surface area contributed by atoms with Crippen molar-refractivity contribution >= 4 is 24.0 Å². The maximum Gasteiger partial charge on any atom is 0.240 e. The summed E-state index contributed by atoms with van der Waals surface area (Å²) in [5, 5.41) is 15.8. The molecule has 0 aliphatic carbocycles. The van der Waals surface area contributed by atoms with Crippen molar-refractivity contribution in [2.24, 2.45) is 0 Å². The van der Waals surface area contributed by atoms with Crippen LogP contribution in [0.4, 0.5) is 5.69 Å². The zero-order valence-electron chi connectivity index (χ0n) is 14.9. The minimum absolute atomic E-state index is 0. The highest BCUT2D eigenvalue weighted by Crippen LogP contribution is 2.24. The number of carbonyl (C=O) groups is 1. The van der Waals surface area contributed by atoms with E-state index in [1.165, 1.54) is 6.26 Å². The molecule has 26 heavy (non-hydrogen) atoms. The lowest BCUT2D eigenvalue weighted by Crippen LogP contribution is -2.44. The number of rotatable bonds is 6. The molecule has 2 aliphatic heterocycles. The number of nitrogens with one attached hydrogen (secondary N) is 2. The Morgan fingerprint density at radius 1 is 1.35 bits per heavy atom. The Hall–Kier alpha value is -1.96. The van der Waals surface area contributed by atoms with Gasteiger partial charge in [0, 0.05) is 30.4 Å². The van der Waals surface area contributed by atoms with Crippen LogP contribution in [-0.4, -0.2) is 48.4 Å². The Labute approximate surface area is 159 Å². The molecular formula is C18H26ClN3O4. The fourth-order valence-corrected chi connectivity index (χ4v) is 3.19. The van der Waals surface area contributed by atoms with Crippen LogP contribution in [0.25, 0.3) is 0 Å². The second kappa shape index (κ2) is 9.66. The zero-order chi connectivity index (χ0) is 17.6. The van der Waals surface area contributed by atoms with E-state index in [2.05, 4.69) is 15.5 Å². The van der Waals surface area contributed by atoms with Crippen LogP contribution in [0.15, 0.2) is 30.3 Å². The van der Waals surface area contributed by atoms with Crippen molar-refractivity contribution in [3.63, 3.8) is 0 Å². The monoisotopic (exact) mass is 383 g/mol. The van der Waals surface area contributed by atoms with Gasteiger partial charge in [-0.1, -0.05) is 18.2 Å². The molecule has 0 unspecified atom stereocenters. The molecule has 0 bridgehead atoms. The molecule has 0 aromatic heterocycles. The highest BCUT2D eigenvalue weighted by molar-refractivity contribution is 5.85. The number of aliphatic hydroxyl groups is 1. The number of anilines is 1. The molecule has 2 aliphatic rings. The van der Waals surface area contributed by atoms with Crippen LogP contribution in [0.3, 0.4) is 0 Å². The molecule has 1 amide bonds. The molecule has 3 rings (SSSR count). The van der Waals surface area contributed by atoms with Gasteiger partial charge >= 0.3 is 0 Å². The first-order valence-corrected chi connectivity index (χ1v) is 8.58. The normalized spacial score (nSPS) is 17.5. The number of amides is 1. The van der Waals surface area contributed by atoms with Crippen LogP contribution in [0.2, 0.25) is 0 Å². The standard InChI is InChI=1S/C18H25N3O4.ClH/c1-13-3-2-4-14(10-22)18(13)19-15-5-7-21(8-6-15)9-16(23)20-17-11-24-12-25-17;/h2-4,11,15,19,22H,5-10,12H2,1H3,(H,20,23);1H. The van der Waals surface area contributed by atoms with Crippen molar-refractivity contribution in [1.29, 1.82) is 0 Å². The van der Waals surface area contributed by atoms with Crippen molar-refractivity contribution in [2.45, 2.75) is 32.4 Å². The number of piperidine rings is 1. The number of ether oxygens (including phenoxy) is 2. The van der Waals surface area contributed by atoms with Gasteiger partial charge in [-0.05, 0) is 25.3 Å². The predicted octanol–water partition coefficient (Wildman–Crippen LogP) is 1.70. The van der Waals surface area contributed by atoms with Crippen LogP contribution in [0, 0.1) is 6.92 Å². The number of carbonyl (C=O) groups excluding carboxylic acids is 1. The molecule has 3 N–H and O–H groups in total. The summed E-state index contributed by atoms with van der Waals surface area (Å²) < 4.78 is 10.00. The quantitative estimate of drug-likeness (QED) is 0.693. The Bertz CT molecular complexity index is 645. The van der Waals surface area contributed by atoms with Gasteiger partial charge in [0.2, 0.25) is 18.6 Å². The first kappa shape index (κ1) is 20.4. The number of likely N-dealkylation sites (tertiary alicyclic amines) is 1. The summed E-state index contributed by atoms with van der Waals surface area (Å²) in [6.07, 6.45) is 3.32. The van der Waals surface area contributed by atoms with Crippen LogP contribution in [-0.2, 0) is 20.9 Å². The number of para-hydroxylation sites is 1. The Balaban J connectivity index is 0.00000243. The summed E-state index contributed by atoms with van der Waals surface area (Å²) in [6.45, 7) is 4.28.